The Kier molecular flexibility index (Phi) is 4.30. The van der Waals surface area contributed by atoms with Crippen LogP contribution in [0, 0.1) is 0 Å². The van der Waals surface area contributed by atoms with E-state index in [1.54, 1.807) is 24.3 Å². The number of halogens is 2. The van der Waals surface area contributed by atoms with Gasteiger partial charge in [0, 0.05) is 5.56 Å². The molecular formula is C15H12F2O3. The van der Waals surface area contributed by atoms with Gasteiger partial charge in [-0.1, -0.05) is 12.1 Å². The zero-order valence-electron chi connectivity index (χ0n) is 10.7. The third-order valence-electron chi connectivity index (χ3n) is 2.69. The monoisotopic (exact) mass is 278 g/mol. The molecule has 0 heterocycles. The van der Waals surface area contributed by atoms with E-state index in [0.717, 1.165) is 0 Å². The van der Waals surface area contributed by atoms with Crippen LogP contribution in [-0.2, 0) is 0 Å². The molecule has 5 heteroatoms. The lowest BCUT2D eigenvalue weighted by atomic mass is 10.0. The summed E-state index contributed by atoms with van der Waals surface area (Å²) < 4.78 is 33.4. The SMILES string of the molecule is COc1ccccc1C(=O)c1ccc(OC(F)F)cc1. The second kappa shape index (κ2) is 6.14. The maximum absolute atomic E-state index is 12.3. The summed E-state index contributed by atoms with van der Waals surface area (Å²) in [5.74, 6) is 0.230. The molecule has 104 valence electrons. The summed E-state index contributed by atoms with van der Waals surface area (Å²) in [6, 6.07) is 12.3. The topological polar surface area (TPSA) is 35.5 Å². The Morgan fingerprint density at radius 2 is 1.70 bits per heavy atom. The molecule has 0 unspecified atom stereocenters. The summed E-state index contributed by atoms with van der Waals surface area (Å²) in [5, 5.41) is 0. The summed E-state index contributed by atoms with van der Waals surface area (Å²) in [6.07, 6.45) is 0. The number of ketones is 1. The van der Waals surface area contributed by atoms with Crippen molar-refractivity contribution < 1.29 is 23.0 Å². The molecule has 0 aliphatic rings. The molecule has 0 amide bonds. The third kappa shape index (κ3) is 3.12. The van der Waals surface area contributed by atoms with Crippen molar-refractivity contribution in [3.8, 4) is 11.5 Å². The molecule has 0 spiro atoms. The highest BCUT2D eigenvalue weighted by Gasteiger charge is 2.14. The molecule has 0 radical (unpaired) electrons. The molecule has 0 fully saturated rings. The molecule has 0 N–H and O–H groups in total. The van der Waals surface area contributed by atoms with Gasteiger partial charge in [-0.15, -0.1) is 0 Å². The van der Waals surface area contributed by atoms with E-state index in [-0.39, 0.29) is 11.5 Å². The standard InChI is InChI=1S/C15H12F2O3/c1-19-13-5-3-2-4-12(13)14(18)10-6-8-11(9-7-10)20-15(16)17/h2-9,15H,1H3. The maximum Gasteiger partial charge on any atom is 0.387 e. The molecule has 20 heavy (non-hydrogen) atoms. The van der Waals surface area contributed by atoms with Crippen molar-refractivity contribution in [3.05, 3.63) is 59.7 Å². The molecule has 0 aromatic heterocycles. The van der Waals surface area contributed by atoms with Crippen LogP contribution in [-0.4, -0.2) is 19.5 Å². The first kappa shape index (κ1) is 14.0. The van der Waals surface area contributed by atoms with Gasteiger partial charge in [-0.25, -0.2) is 0 Å². The van der Waals surface area contributed by atoms with Gasteiger partial charge in [0.2, 0.25) is 0 Å². The zero-order chi connectivity index (χ0) is 14.5. The predicted octanol–water partition coefficient (Wildman–Crippen LogP) is 3.53. The van der Waals surface area contributed by atoms with Crippen LogP contribution in [0.3, 0.4) is 0 Å². The predicted molar refractivity (Wildman–Crippen MR) is 69.5 cm³/mol. The highest BCUT2D eigenvalue weighted by atomic mass is 19.3. The number of carbonyl (C=O) groups is 1. The Hall–Kier alpha value is -2.43. The lowest BCUT2D eigenvalue weighted by Gasteiger charge is -2.08. The Balaban J connectivity index is 2.25. The number of methoxy groups -OCH3 is 1. The Morgan fingerprint density at radius 3 is 2.30 bits per heavy atom. The molecule has 0 aliphatic heterocycles. The lowest BCUT2D eigenvalue weighted by Crippen LogP contribution is -2.05. The van der Waals surface area contributed by atoms with Gasteiger partial charge in [-0.2, -0.15) is 8.78 Å². The summed E-state index contributed by atoms with van der Waals surface area (Å²) in [6.45, 7) is -2.88. The van der Waals surface area contributed by atoms with Crippen molar-refractivity contribution in [1.82, 2.24) is 0 Å². The number of hydrogen-bond acceptors (Lipinski definition) is 3. The van der Waals surface area contributed by atoms with Gasteiger partial charge < -0.3 is 9.47 Å². The van der Waals surface area contributed by atoms with Gasteiger partial charge in [0.05, 0.1) is 12.7 Å². The minimum atomic E-state index is -2.88. The summed E-state index contributed by atoms with van der Waals surface area (Å²) in [4.78, 5) is 12.3. The highest BCUT2D eigenvalue weighted by Crippen LogP contribution is 2.22. The van der Waals surface area contributed by atoms with Gasteiger partial charge in [-0.3, -0.25) is 4.79 Å². The fourth-order valence-corrected chi connectivity index (χ4v) is 1.78. The number of ether oxygens (including phenoxy) is 2. The van der Waals surface area contributed by atoms with Crippen LogP contribution in [0.15, 0.2) is 48.5 Å². The zero-order valence-corrected chi connectivity index (χ0v) is 10.7. The van der Waals surface area contributed by atoms with Gasteiger partial charge >= 0.3 is 6.61 Å². The van der Waals surface area contributed by atoms with E-state index in [0.29, 0.717) is 16.9 Å². The van der Waals surface area contributed by atoms with Gasteiger partial charge in [0.25, 0.3) is 0 Å². The average molecular weight is 278 g/mol. The molecular weight excluding hydrogens is 266 g/mol. The second-order valence-electron chi connectivity index (χ2n) is 3.93. The Bertz CT molecular complexity index is 594. The number of alkyl halides is 2. The Morgan fingerprint density at radius 1 is 1.05 bits per heavy atom. The summed E-state index contributed by atoms with van der Waals surface area (Å²) in [5.41, 5.74) is 0.786. The van der Waals surface area contributed by atoms with Gasteiger partial charge in [0.15, 0.2) is 5.78 Å². The fourth-order valence-electron chi connectivity index (χ4n) is 1.78. The summed E-state index contributed by atoms with van der Waals surface area (Å²) >= 11 is 0. The number of carbonyl (C=O) groups excluding carboxylic acids is 1. The summed E-state index contributed by atoms with van der Waals surface area (Å²) in [7, 11) is 1.48. The van der Waals surface area contributed by atoms with Crippen LogP contribution in [0.25, 0.3) is 0 Å². The number of rotatable bonds is 5. The molecule has 0 saturated carbocycles. The van der Waals surface area contributed by atoms with Crippen LogP contribution in [0.1, 0.15) is 15.9 Å². The van der Waals surface area contributed by atoms with Crippen LogP contribution >= 0.6 is 0 Å². The molecule has 0 saturated heterocycles. The minimum absolute atomic E-state index is 0.0107. The van der Waals surface area contributed by atoms with Crippen LogP contribution in [0.4, 0.5) is 8.78 Å². The molecule has 0 bridgehead atoms. The fraction of sp³-hybridized carbons (Fsp3) is 0.133. The third-order valence-corrected chi connectivity index (χ3v) is 2.69. The van der Waals surface area contributed by atoms with Gasteiger partial charge in [0.1, 0.15) is 11.5 Å². The first-order chi connectivity index (χ1) is 9.61. The average Bonchev–Trinajstić information content (AvgIpc) is 2.46. The lowest BCUT2D eigenvalue weighted by molar-refractivity contribution is -0.0498. The molecule has 0 atom stereocenters. The van der Waals surface area contributed by atoms with Crippen LogP contribution in [0.2, 0.25) is 0 Å². The molecule has 2 rings (SSSR count). The first-order valence-electron chi connectivity index (χ1n) is 5.84. The second-order valence-corrected chi connectivity index (χ2v) is 3.93. The Labute approximate surface area is 114 Å². The number of hydrogen-bond donors (Lipinski definition) is 0. The smallest absolute Gasteiger partial charge is 0.387 e. The number of para-hydroxylation sites is 1. The van der Waals surface area contributed by atoms with Crippen molar-refractivity contribution in [3.63, 3.8) is 0 Å². The first-order valence-corrected chi connectivity index (χ1v) is 5.84. The van der Waals surface area contributed by atoms with Crippen LogP contribution < -0.4 is 9.47 Å². The van der Waals surface area contributed by atoms with Crippen molar-refractivity contribution in [2.24, 2.45) is 0 Å². The van der Waals surface area contributed by atoms with E-state index in [1.165, 1.54) is 31.4 Å². The van der Waals surface area contributed by atoms with Crippen molar-refractivity contribution in [2.75, 3.05) is 7.11 Å². The quantitative estimate of drug-likeness (QED) is 0.785. The molecule has 3 nitrogen and oxygen atoms in total. The van der Waals surface area contributed by atoms with E-state index in [4.69, 9.17) is 4.74 Å². The van der Waals surface area contributed by atoms with E-state index >= 15 is 0 Å². The van der Waals surface area contributed by atoms with Crippen LogP contribution in [0.5, 0.6) is 11.5 Å². The van der Waals surface area contributed by atoms with E-state index in [9.17, 15) is 13.6 Å². The molecule has 2 aromatic rings. The molecule has 2 aromatic carbocycles. The van der Waals surface area contributed by atoms with Crippen molar-refractivity contribution in [2.45, 2.75) is 6.61 Å². The van der Waals surface area contributed by atoms with E-state index < -0.39 is 6.61 Å². The minimum Gasteiger partial charge on any atom is -0.496 e. The largest absolute Gasteiger partial charge is 0.496 e. The van der Waals surface area contributed by atoms with E-state index in [2.05, 4.69) is 4.74 Å². The van der Waals surface area contributed by atoms with E-state index in [1.807, 2.05) is 0 Å². The highest BCUT2D eigenvalue weighted by molar-refractivity contribution is 6.10. The normalized spacial score (nSPS) is 10.4. The maximum atomic E-state index is 12.3. The van der Waals surface area contributed by atoms with Crippen molar-refractivity contribution >= 4 is 5.78 Å². The molecule has 0 aliphatic carbocycles. The van der Waals surface area contributed by atoms with Crippen molar-refractivity contribution in [1.29, 1.82) is 0 Å². The number of benzene rings is 2. The van der Waals surface area contributed by atoms with Gasteiger partial charge in [-0.05, 0) is 36.4 Å².